The van der Waals surface area contributed by atoms with Gasteiger partial charge < -0.3 is 9.47 Å². The van der Waals surface area contributed by atoms with Crippen molar-refractivity contribution < 1.29 is 0 Å². The molecule has 1 aliphatic rings. The lowest BCUT2D eigenvalue weighted by molar-refractivity contribution is 0.275. The summed E-state index contributed by atoms with van der Waals surface area (Å²) in [5.74, 6) is 0. The molecule has 0 aliphatic carbocycles. The summed E-state index contributed by atoms with van der Waals surface area (Å²) in [5.41, 5.74) is 2.25. The Hall–Kier alpha value is -1.77. The van der Waals surface area contributed by atoms with Crippen LogP contribution in [0.4, 0.5) is 0 Å². The molecule has 0 N–H and O–H groups in total. The Morgan fingerprint density at radius 2 is 2.00 bits per heavy atom. The molecule has 2 heterocycles. The molecule has 1 atom stereocenters. The third-order valence-corrected chi connectivity index (χ3v) is 3.33. The molecular weight excluding hydrogens is 224 g/mol. The van der Waals surface area contributed by atoms with Crippen molar-refractivity contribution in [2.24, 2.45) is 7.05 Å². The highest BCUT2D eigenvalue weighted by atomic mass is 16.1. The molecule has 0 amide bonds. The summed E-state index contributed by atoms with van der Waals surface area (Å²) < 4.78 is 1.61. The van der Waals surface area contributed by atoms with Crippen molar-refractivity contribution in [1.82, 2.24) is 9.47 Å². The molecule has 0 saturated heterocycles. The SMILES string of the molecule is CC(C)N1C=C(c2ccc(=O)n(C)c2)C=CC1C. The van der Waals surface area contributed by atoms with E-state index in [9.17, 15) is 4.79 Å². The van der Waals surface area contributed by atoms with Gasteiger partial charge in [-0.3, -0.25) is 4.79 Å². The van der Waals surface area contributed by atoms with Crippen molar-refractivity contribution in [3.8, 4) is 0 Å². The Kier molecular flexibility index (Phi) is 3.41. The van der Waals surface area contributed by atoms with E-state index in [0.717, 1.165) is 11.1 Å². The molecule has 1 unspecified atom stereocenters. The molecule has 96 valence electrons. The Balaban J connectivity index is 2.38. The summed E-state index contributed by atoms with van der Waals surface area (Å²) in [4.78, 5) is 13.7. The minimum atomic E-state index is 0.0215. The van der Waals surface area contributed by atoms with Crippen molar-refractivity contribution in [1.29, 1.82) is 0 Å². The highest BCUT2D eigenvalue weighted by Crippen LogP contribution is 2.23. The Bertz CT molecular complexity index is 552. The van der Waals surface area contributed by atoms with E-state index in [1.807, 2.05) is 12.3 Å². The van der Waals surface area contributed by atoms with Crippen LogP contribution in [0.1, 0.15) is 26.3 Å². The van der Waals surface area contributed by atoms with Crippen molar-refractivity contribution in [2.45, 2.75) is 32.9 Å². The zero-order chi connectivity index (χ0) is 13.3. The standard InChI is InChI=1S/C15H20N2O/c1-11(2)17-10-14(6-5-12(17)3)13-7-8-15(18)16(4)9-13/h5-12H,1-4H3. The summed E-state index contributed by atoms with van der Waals surface area (Å²) in [6, 6.07) is 4.38. The summed E-state index contributed by atoms with van der Waals surface area (Å²) in [6.45, 7) is 6.56. The number of rotatable bonds is 2. The molecule has 0 radical (unpaired) electrons. The van der Waals surface area contributed by atoms with E-state index in [2.05, 4.69) is 44.0 Å². The van der Waals surface area contributed by atoms with Crippen LogP contribution in [-0.4, -0.2) is 21.6 Å². The lowest BCUT2D eigenvalue weighted by Crippen LogP contribution is -2.34. The summed E-state index contributed by atoms with van der Waals surface area (Å²) in [6.07, 6.45) is 8.38. The molecule has 1 aliphatic heterocycles. The minimum Gasteiger partial charge on any atom is -0.368 e. The molecule has 18 heavy (non-hydrogen) atoms. The van der Waals surface area contributed by atoms with Crippen LogP contribution in [0, 0.1) is 0 Å². The van der Waals surface area contributed by atoms with Crippen LogP contribution in [0.15, 0.2) is 41.5 Å². The van der Waals surface area contributed by atoms with Crippen LogP contribution in [0.5, 0.6) is 0 Å². The summed E-state index contributed by atoms with van der Waals surface area (Å²) in [5, 5.41) is 0. The molecule has 3 nitrogen and oxygen atoms in total. The fourth-order valence-electron chi connectivity index (χ4n) is 2.22. The average Bonchev–Trinajstić information content (AvgIpc) is 2.33. The van der Waals surface area contributed by atoms with Crippen LogP contribution in [-0.2, 0) is 7.05 Å². The van der Waals surface area contributed by atoms with E-state index < -0.39 is 0 Å². The fraction of sp³-hybridized carbons (Fsp3) is 0.400. The first-order chi connectivity index (χ1) is 8.49. The predicted octanol–water partition coefficient (Wildman–Crippen LogP) is 2.39. The van der Waals surface area contributed by atoms with E-state index in [4.69, 9.17) is 0 Å². The van der Waals surface area contributed by atoms with Gasteiger partial charge >= 0.3 is 0 Å². The predicted molar refractivity (Wildman–Crippen MR) is 75.2 cm³/mol. The van der Waals surface area contributed by atoms with Gasteiger partial charge in [0, 0.05) is 37.6 Å². The third-order valence-electron chi connectivity index (χ3n) is 3.33. The van der Waals surface area contributed by atoms with Crippen LogP contribution in [0.25, 0.3) is 5.57 Å². The number of pyridine rings is 1. The summed E-state index contributed by atoms with van der Waals surface area (Å²) >= 11 is 0. The van der Waals surface area contributed by atoms with Gasteiger partial charge in [-0.25, -0.2) is 0 Å². The number of nitrogens with zero attached hydrogens (tertiary/aromatic N) is 2. The van der Waals surface area contributed by atoms with Gasteiger partial charge in [0.05, 0.1) is 0 Å². The van der Waals surface area contributed by atoms with Crippen molar-refractivity contribution in [3.63, 3.8) is 0 Å². The second kappa shape index (κ2) is 4.84. The first-order valence-electron chi connectivity index (χ1n) is 6.33. The monoisotopic (exact) mass is 244 g/mol. The van der Waals surface area contributed by atoms with E-state index in [-0.39, 0.29) is 5.56 Å². The maximum Gasteiger partial charge on any atom is 0.250 e. The molecule has 0 saturated carbocycles. The van der Waals surface area contributed by atoms with Gasteiger partial charge in [0.1, 0.15) is 0 Å². The van der Waals surface area contributed by atoms with Crippen LogP contribution < -0.4 is 5.56 Å². The highest BCUT2D eigenvalue weighted by Gasteiger charge is 2.16. The van der Waals surface area contributed by atoms with Crippen molar-refractivity contribution in [3.05, 3.63) is 52.6 Å². The zero-order valence-electron chi connectivity index (χ0n) is 11.4. The fourth-order valence-corrected chi connectivity index (χ4v) is 2.22. The summed E-state index contributed by atoms with van der Waals surface area (Å²) in [7, 11) is 1.78. The molecule has 1 aromatic rings. The van der Waals surface area contributed by atoms with E-state index in [1.165, 1.54) is 0 Å². The van der Waals surface area contributed by atoms with Gasteiger partial charge in [0.2, 0.25) is 5.56 Å². The van der Waals surface area contributed by atoms with Gasteiger partial charge in [-0.2, -0.15) is 0 Å². The van der Waals surface area contributed by atoms with E-state index >= 15 is 0 Å². The molecule has 0 aromatic carbocycles. The Morgan fingerprint density at radius 3 is 2.61 bits per heavy atom. The maximum atomic E-state index is 11.4. The second-order valence-electron chi connectivity index (χ2n) is 5.09. The molecule has 0 bridgehead atoms. The van der Waals surface area contributed by atoms with Crippen LogP contribution in [0.3, 0.4) is 0 Å². The molecular formula is C15H20N2O. The molecule has 0 fully saturated rings. The molecule has 1 aromatic heterocycles. The Labute approximate surface area is 108 Å². The molecule has 3 heteroatoms. The van der Waals surface area contributed by atoms with Gasteiger partial charge in [-0.15, -0.1) is 0 Å². The van der Waals surface area contributed by atoms with Crippen molar-refractivity contribution in [2.75, 3.05) is 0 Å². The maximum absolute atomic E-state index is 11.4. The second-order valence-corrected chi connectivity index (χ2v) is 5.09. The molecule has 2 rings (SSSR count). The third kappa shape index (κ3) is 2.40. The van der Waals surface area contributed by atoms with Crippen molar-refractivity contribution >= 4 is 5.57 Å². The first kappa shape index (κ1) is 12.7. The topological polar surface area (TPSA) is 25.2 Å². The van der Waals surface area contributed by atoms with Crippen LogP contribution in [0.2, 0.25) is 0 Å². The number of aromatic nitrogens is 1. The zero-order valence-corrected chi connectivity index (χ0v) is 11.4. The van der Waals surface area contributed by atoms with Crippen LogP contribution >= 0.6 is 0 Å². The number of hydrogen-bond acceptors (Lipinski definition) is 2. The van der Waals surface area contributed by atoms with E-state index in [0.29, 0.717) is 12.1 Å². The number of hydrogen-bond donors (Lipinski definition) is 0. The van der Waals surface area contributed by atoms with Gasteiger partial charge in [0.15, 0.2) is 0 Å². The highest BCUT2D eigenvalue weighted by molar-refractivity contribution is 5.74. The normalized spacial score (nSPS) is 19.3. The van der Waals surface area contributed by atoms with Gasteiger partial charge in [0.25, 0.3) is 0 Å². The van der Waals surface area contributed by atoms with Gasteiger partial charge in [-0.05, 0) is 38.0 Å². The lowest BCUT2D eigenvalue weighted by Gasteiger charge is -2.33. The largest absolute Gasteiger partial charge is 0.368 e. The Morgan fingerprint density at radius 1 is 1.28 bits per heavy atom. The average molecular weight is 244 g/mol. The smallest absolute Gasteiger partial charge is 0.250 e. The van der Waals surface area contributed by atoms with Gasteiger partial charge in [-0.1, -0.05) is 12.2 Å². The first-order valence-corrected chi connectivity index (χ1v) is 6.33. The number of aryl methyl sites for hydroxylation is 1. The number of allylic oxidation sites excluding steroid dienone is 2. The van der Waals surface area contributed by atoms with E-state index in [1.54, 1.807) is 17.7 Å². The molecule has 0 spiro atoms. The minimum absolute atomic E-state index is 0.0215. The quantitative estimate of drug-likeness (QED) is 0.798. The lowest BCUT2D eigenvalue weighted by atomic mass is 10.0.